The number of nitriles is 1. The van der Waals surface area contributed by atoms with Crippen LogP contribution in [0.25, 0.3) is 0 Å². The molecule has 0 radical (unpaired) electrons. The maximum Gasteiger partial charge on any atom is 0.335 e. The number of aromatic carboxylic acids is 1. The Morgan fingerprint density at radius 1 is 1.58 bits per heavy atom. The van der Waals surface area contributed by atoms with Crippen molar-refractivity contribution in [2.75, 3.05) is 0 Å². The van der Waals surface area contributed by atoms with Crippen molar-refractivity contribution in [3.8, 4) is 6.07 Å². The Bertz CT molecular complexity index is 637. The van der Waals surface area contributed by atoms with Gasteiger partial charge in [0.1, 0.15) is 4.90 Å². The van der Waals surface area contributed by atoms with Crippen LogP contribution in [-0.2, 0) is 10.0 Å². The smallest absolute Gasteiger partial charge is 0.335 e. The molecule has 8 heteroatoms. The molecule has 102 valence electrons. The Labute approximate surface area is 115 Å². The van der Waals surface area contributed by atoms with Gasteiger partial charge in [0.15, 0.2) is 0 Å². The first kappa shape index (κ1) is 15.4. The summed E-state index contributed by atoms with van der Waals surface area (Å²) >= 11 is 5.77. The van der Waals surface area contributed by atoms with E-state index in [2.05, 4.69) is 4.72 Å². The van der Waals surface area contributed by atoms with E-state index in [-0.39, 0.29) is 21.9 Å². The summed E-state index contributed by atoms with van der Waals surface area (Å²) in [5.74, 6) is -1.25. The number of hydrogen-bond donors (Lipinski definition) is 2. The largest absolute Gasteiger partial charge is 0.478 e. The topological polar surface area (TPSA) is 107 Å². The average Bonchev–Trinajstić information content (AvgIpc) is 2.28. The zero-order valence-electron chi connectivity index (χ0n) is 9.92. The van der Waals surface area contributed by atoms with Crippen molar-refractivity contribution in [1.82, 2.24) is 4.72 Å². The molecule has 0 heterocycles. The highest BCUT2D eigenvalue weighted by molar-refractivity contribution is 7.89. The molecule has 1 aromatic rings. The van der Waals surface area contributed by atoms with Gasteiger partial charge in [-0.15, -0.1) is 0 Å². The lowest BCUT2D eigenvalue weighted by atomic mass is 10.2. The summed E-state index contributed by atoms with van der Waals surface area (Å²) in [6, 6.07) is 4.63. The lowest BCUT2D eigenvalue weighted by molar-refractivity contribution is 0.0696. The van der Waals surface area contributed by atoms with Gasteiger partial charge in [-0.05, 0) is 25.1 Å². The number of nitrogens with one attached hydrogen (secondary N) is 1. The molecule has 0 fully saturated rings. The molecule has 0 aliphatic heterocycles. The number of nitrogens with zero attached hydrogens (tertiary/aromatic N) is 1. The van der Waals surface area contributed by atoms with Crippen LogP contribution in [0.4, 0.5) is 0 Å². The Kier molecular flexibility index (Phi) is 4.89. The molecule has 0 aliphatic carbocycles. The zero-order valence-corrected chi connectivity index (χ0v) is 11.5. The number of sulfonamides is 1. The van der Waals surface area contributed by atoms with Crippen LogP contribution in [0.15, 0.2) is 23.1 Å². The summed E-state index contributed by atoms with van der Waals surface area (Å²) in [6.07, 6.45) is -0.00449. The van der Waals surface area contributed by atoms with Crippen LogP contribution in [0.3, 0.4) is 0 Å². The van der Waals surface area contributed by atoms with Crippen LogP contribution >= 0.6 is 11.6 Å². The van der Waals surface area contributed by atoms with Gasteiger partial charge in [0.05, 0.1) is 23.1 Å². The van der Waals surface area contributed by atoms with E-state index in [1.807, 2.05) is 6.07 Å². The molecule has 1 rings (SSSR count). The Morgan fingerprint density at radius 3 is 2.74 bits per heavy atom. The predicted octanol–water partition coefficient (Wildman–Crippen LogP) is 1.62. The summed E-state index contributed by atoms with van der Waals surface area (Å²) in [6.45, 7) is 1.52. The summed E-state index contributed by atoms with van der Waals surface area (Å²) in [7, 11) is -3.96. The van der Waals surface area contributed by atoms with Crippen LogP contribution in [0.1, 0.15) is 23.7 Å². The van der Waals surface area contributed by atoms with Crippen molar-refractivity contribution in [3.05, 3.63) is 28.8 Å². The molecular formula is C11H11ClN2O4S. The van der Waals surface area contributed by atoms with E-state index >= 15 is 0 Å². The molecule has 0 spiro atoms. The summed E-state index contributed by atoms with van der Waals surface area (Å²) in [5, 5.41) is 17.2. The minimum atomic E-state index is -3.96. The molecule has 0 saturated carbocycles. The second kappa shape index (κ2) is 6.02. The number of rotatable bonds is 5. The van der Waals surface area contributed by atoms with Gasteiger partial charge in [0.2, 0.25) is 10.0 Å². The number of carbonyl (C=O) groups is 1. The molecule has 6 nitrogen and oxygen atoms in total. The lowest BCUT2D eigenvalue weighted by Crippen LogP contribution is -2.32. The van der Waals surface area contributed by atoms with Crippen molar-refractivity contribution in [3.63, 3.8) is 0 Å². The highest BCUT2D eigenvalue weighted by Crippen LogP contribution is 2.23. The minimum Gasteiger partial charge on any atom is -0.478 e. The third-order valence-corrected chi connectivity index (χ3v) is 4.29. The van der Waals surface area contributed by atoms with Gasteiger partial charge in [-0.3, -0.25) is 0 Å². The monoisotopic (exact) mass is 302 g/mol. The quantitative estimate of drug-likeness (QED) is 0.859. The van der Waals surface area contributed by atoms with Gasteiger partial charge >= 0.3 is 5.97 Å². The highest BCUT2D eigenvalue weighted by Gasteiger charge is 2.21. The second-order valence-electron chi connectivity index (χ2n) is 3.83. The molecule has 0 aliphatic rings. The number of halogens is 1. The second-order valence-corrected chi connectivity index (χ2v) is 5.92. The minimum absolute atomic E-state index is 0.00449. The Morgan fingerprint density at radius 2 is 2.21 bits per heavy atom. The third kappa shape index (κ3) is 3.92. The summed E-state index contributed by atoms with van der Waals surface area (Å²) in [4.78, 5) is 10.5. The first-order valence-corrected chi connectivity index (χ1v) is 7.06. The van der Waals surface area contributed by atoms with E-state index in [1.165, 1.54) is 19.1 Å². The van der Waals surface area contributed by atoms with Crippen molar-refractivity contribution >= 4 is 27.6 Å². The van der Waals surface area contributed by atoms with Crippen LogP contribution in [0, 0.1) is 11.3 Å². The van der Waals surface area contributed by atoms with Crippen molar-refractivity contribution in [2.45, 2.75) is 24.3 Å². The molecular weight excluding hydrogens is 292 g/mol. The molecule has 0 saturated heterocycles. The normalized spacial score (nSPS) is 12.7. The molecule has 0 bridgehead atoms. The predicted molar refractivity (Wildman–Crippen MR) is 68.4 cm³/mol. The van der Waals surface area contributed by atoms with Gasteiger partial charge in [0.25, 0.3) is 0 Å². The van der Waals surface area contributed by atoms with E-state index in [4.69, 9.17) is 22.0 Å². The van der Waals surface area contributed by atoms with E-state index in [0.29, 0.717) is 0 Å². The van der Waals surface area contributed by atoms with Crippen molar-refractivity contribution in [1.29, 1.82) is 5.26 Å². The summed E-state index contributed by atoms with van der Waals surface area (Å²) in [5.41, 5.74) is -0.183. The van der Waals surface area contributed by atoms with E-state index < -0.39 is 22.0 Å². The van der Waals surface area contributed by atoms with Gasteiger partial charge in [-0.1, -0.05) is 11.6 Å². The molecule has 19 heavy (non-hydrogen) atoms. The highest BCUT2D eigenvalue weighted by atomic mass is 35.5. The maximum atomic E-state index is 12.0. The first-order chi connectivity index (χ1) is 8.77. The average molecular weight is 303 g/mol. The van der Waals surface area contributed by atoms with Gasteiger partial charge < -0.3 is 5.11 Å². The maximum absolute atomic E-state index is 12.0. The van der Waals surface area contributed by atoms with Gasteiger partial charge in [-0.2, -0.15) is 5.26 Å². The number of hydrogen-bond acceptors (Lipinski definition) is 4. The number of benzene rings is 1. The molecule has 1 aromatic carbocycles. The van der Waals surface area contributed by atoms with E-state index in [0.717, 1.165) is 6.07 Å². The number of carboxylic acid groups (broad SMARTS) is 1. The Balaban J connectivity index is 3.18. The molecule has 1 atom stereocenters. The molecule has 0 amide bonds. The van der Waals surface area contributed by atoms with Crippen molar-refractivity contribution < 1.29 is 18.3 Å². The molecule has 2 N–H and O–H groups in total. The Hall–Kier alpha value is -1.62. The van der Waals surface area contributed by atoms with Crippen LogP contribution < -0.4 is 4.72 Å². The SMILES string of the molecule is CC(CC#N)NS(=O)(=O)c1cc(C(=O)O)ccc1Cl. The fourth-order valence-electron chi connectivity index (χ4n) is 1.35. The van der Waals surface area contributed by atoms with Gasteiger partial charge in [-0.25, -0.2) is 17.9 Å². The van der Waals surface area contributed by atoms with Crippen LogP contribution in [-0.4, -0.2) is 25.5 Å². The lowest BCUT2D eigenvalue weighted by Gasteiger charge is -2.12. The van der Waals surface area contributed by atoms with Gasteiger partial charge in [0, 0.05) is 6.04 Å². The summed E-state index contributed by atoms with van der Waals surface area (Å²) < 4.78 is 26.3. The fraction of sp³-hybridized carbons (Fsp3) is 0.273. The number of carboxylic acids is 1. The molecule has 0 aromatic heterocycles. The van der Waals surface area contributed by atoms with Crippen molar-refractivity contribution in [2.24, 2.45) is 0 Å². The fourth-order valence-corrected chi connectivity index (χ4v) is 3.12. The zero-order chi connectivity index (χ0) is 14.6. The van der Waals surface area contributed by atoms with E-state index in [1.54, 1.807) is 0 Å². The van der Waals surface area contributed by atoms with Crippen LogP contribution in [0.2, 0.25) is 5.02 Å². The molecule has 1 unspecified atom stereocenters. The first-order valence-electron chi connectivity index (χ1n) is 5.20. The van der Waals surface area contributed by atoms with Crippen LogP contribution in [0.5, 0.6) is 0 Å². The standard InChI is InChI=1S/C11H11ClN2O4S/c1-7(4-5-13)14-19(17,18)10-6-8(11(15)16)2-3-9(10)12/h2-3,6-7,14H,4H2,1H3,(H,15,16). The third-order valence-electron chi connectivity index (χ3n) is 2.22. The van der Waals surface area contributed by atoms with E-state index in [9.17, 15) is 13.2 Å².